The molecule has 0 spiro atoms. The molecule has 0 bridgehead atoms. The summed E-state index contributed by atoms with van der Waals surface area (Å²) in [5, 5.41) is 16.8. The molecule has 0 amide bonds. The second kappa shape index (κ2) is 6.87. The summed E-state index contributed by atoms with van der Waals surface area (Å²) in [5.74, 6) is 2.03. The van der Waals surface area contributed by atoms with E-state index in [2.05, 4.69) is 30.0 Å². The third-order valence-electron chi connectivity index (χ3n) is 3.69. The fourth-order valence-electron chi connectivity index (χ4n) is 2.50. The maximum Gasteiger partial charge on any atom is 0.228 e. The Hall–Kier alpha value is -2.95. The zero-order valence-corrected chi connectivity index (χ0v) is 12.9. The first-order chi connectivity index (χ1) is 11.3. The van der Waals surface area contributed by atoms with E-state index in [0.717, 1.165) is 38.4 Å². The summed E-state index contributed by atoms with van der Waals surface area (Å²) < 4.78 is 5.16. The Bertz CT molecular complexity index is 698. The first-order valence-electron chi connectivity index (χ1n) is 7.41. The van der Waals surface area contributed by atoms with Crippen LogP contribution in [0.4, 0.5) is 11.8 Å². The molecule has 118 valence electrons. The number of anilines is 2. The summed E-state index contributed by atoms with van der Waals surface area (Å²) in [6, 6.07) is 7.24. The molecule has 23 heavy (non-hydrogen) atoms. The molecule has 1 fully saturated rings. The van der Waals surface area contributed by atoms with Crippen molar-refractivity contribution in [3.63, 3.8) is 0 Å². The minimum Gasteiger partial charge on any atom is -0.481 e. The quantitative estimate of drug-likeness (QED) is 0.824. The molecule has 0 aliphatic carbocycles. The summed E-state index contributed by atoms with van der Waals surface area (Å²) in [6.45, 7) is 3.32. The van der Waals surface area contributed by atoms with Gasteiger partial charge >= 0.3 is 0 Å². The fraction of sp³-hybridized carbons (Fsp3) is 0.400. The van der Waals surface area contributed by atoms with Gasteiger partial charge in [-0.2, -0.15) is 10.2 Å². The molecule has 8 nitrogen and oxygen atoms in total. The molecule has 1 saturated heterocycles. The molecule has 8 heteroatoms. The van der Waals surface area contributed by atoms with Crippen LogP contribution in [-0.2, 0) is 0 Å². The molecule has 0 radical (unpaired) electrons. The Morgan fingerprint density at radius 1 is 1.09 bits per heavy atom. The summed E-state index contributed by atoms with van der Waals surface area (Å²) in [7, 11) is 1.60. The normalized spacial score (nSPS) is 15.0. The van der Waals surface area contributed by atoms with Crippen molar-refractivity contribution in [3.8, 4) is 11.9 Å². The maximum atomic E-state index is 8.79. The molecular formula is C15H17N7O. The highest BCUT2D eigenvalue weighted by Crippen LogP contribution is 2.17. The standard InChI is InChI=1S/C15H17N7O/c1-23-14-5-6-17-15(18-14)22-8-2-7-21(9-10-22)13-4-3-12(11-16)19-20-13/h3-6H,2,7-10H2,1H3. The molecule has 1 aliphatic rings. The highest BCUT2D eigenvalue weighted by atomic mass is 16.5. The van der Waals surface area contributed by atoms with Gasteiger partial charge in [-0.05, 0) is 18.6 Å². The summed E-state index contributed by atoms with van der Waals surface area (Å²) in [5.41, 5.74) is 0.329. The van der Waals surface area contributed by atoms with Gasteiger partial charge in [-0.25, -0.2) is 4.98 Å². The van der Waals surface area contributed by atoms with E-state index < -0.39 is 0 Å². The van der Waals surface area contributed by atoms with Crippen LogP contribution in [0.25, 0.3) is 0 Å². The highest BCUT2D eigenvalue weighted by molar-refractivity contribution is 5.41. The second-order valence-corrected chi connectivity index (χ2v) is 5.12. The van der Waals surface area contributed by atoms with Gasteiger partial charge in [0.05, 0.1) is 7.11 Å². The largest absolute Gasteiger partial charge is 0.481 e. The Kier molecular flexibility index (Phi) is 4.47. The third kappa shape index (κ3) is 3.45. The van der Waals surface area contributed by atoms with E-state index in [4.69, 9.17) is 10.00 Å². The van der Waals surface area contributed by atoms with Crippen molar-refractivity contribution in [2.45, 2.75) is 6.42 Å². The Morgan fingerprint density at radius 3 is 2.65 bits per heavy atom. The van der Waals surface area contributed by atoms with E-state index in [1.807, 2.05) is 12.1 Å². The highest BCUT2D eigenvalue weighted by Gasteiger charge is 2.18. The monoisotopic (exact) mass is 311 g/mol. The van der Waals surface area contributed by atoms with Gasteiger partial charge in [-0.1, -0.05) is 0 Å². The van der Waals surface area contributed by atoms with Gasteiger partial charge in [0.2, 0.25) is 11.8 Å². The lowest BCUT2D eigenvalue weighted by atomic mass is 10.3. The van der Waals surface area contributed by atoms with Crippen LogP contribution in [0.3, 0.4) is 0 Å². The molecule has 3 heterocycles. The van der Waals surface area contributed by atoms with Crippen LogP contribution >= 0.6 is 0 Å². The fourth-order valence-corrected chi connectivity index (χ4v) is 2.50. The molecule has 0 aromatic carbocycles. The number of hydrogen-bond acceptors (Lipinski definition) is 8. The summed E-state index contributed by atoms with van der Waals surface area (Å²) in [6.07, 6.45) is 2.66. The van der Waals surface area contributed by atoms with Crippen LogP contribution in [0.15, 0.2) is 24.4 Å². The minimum atomic E-state index is 0.329. The molecule has 2 aromatic rings. The van der Waals surface area contributed by atoms with E-state index >= 15 is 0 Å². The van der Waals surface area contributed by atoms with Crippen molar-refractivity contribution >= 4 is 11.8 Å². The molecule has 2 aromatic heterocycles. The van der Waals surface area contributed by atoms with Crippen molar-refractivity contribution < 1.29 is 4.74 Å². The molecule has 0 saturated carbocycles. The second-order valence-electron chi connectivity index (χ2n) is 5.12. The molecule has 0 N–H and O–H groups in total. The van der Waals surface area contributed by atoms with Gasteiger partial charge in [0.25, 0.3) is 0 Å². The number of aromatic nitrogens is 4. The van der Waals surface area contributed by atoms with Crippen LogP contribution in [0.2, 0.25) is 0 Å². The van der Waals surface area contributed by atoms with Crippen molar-refractivity contribution in [3.05, 3.63) is 30.1 Å². The zero-order chi connectivity index (χ0) is 16.1. The van der Waals surface area contributed by atoms with Crippen molar-refractivity contribution in [1.82, 2.24) is 20.2 Å². The number of rotatable bonds is 3. The Morgan fingerprint density at radius 2 is 1.91 bits per heavy atom. The Balaban J connectivity index is 1.70. The van der Waals surface area contributed by atoms with Crippen molar-refractivity contribution in [1.29, 1.82) is 5.26 Å². The number of nitrogens with zero attached hydrogens (tertiary/aromatic N) is 7. The third-order valence-corrected chi connectivity index (χ3v) is 3.69. The van der Waals surface area contributed by atoms with Gasteiger partial charge in [-0.15, -0.1) is 10.2 Å². The van der Waals surface area contributed by atoms with Crippen molar-refractivity contribution in [2.75, 3.05) is 43.1 Å². The number of nitriles is 1. The SMILES string of the molecule is COc1ccnc(N2CCCN(c3ccc(C#N)nn3)CC2)n1. The van der Waals surface area contributed by atoms with Gasteiger partial charge in [0.1, 0.15) is 6.07 Å². The molecule has 0 atom stereocenters. The topological polar surface area (TPSA) is 91.1 Å². The predicted molar refractivity (Wildman–Crippen MR) is 84.4 cm³/mol. The number of ether oxygens (including phenoxy) is 1. The Labute approximate surface area is 134 Å². The van der Waals surface area contributed by atoms with E-state index in [9.17, 15) is 0 Å². The van der Waals surface area contributed by atoms with Gasteiger partial charge in [-0.3, -0.25) is 0 Å². The molecule has 3 rings (SSSR count). The zero-order valence-electron chi connectivity index (χ0n) is 12.9. The lowest BCUT2D eigenvalue weighted by Crippen LogP contribution is -2.32. The van der Waals surface area contributed by atoms with Crippen LogP contribution in [0.5, 0.6) is 5.88 Å². The first kappa shape index (κ1) is 15.0. The van der Waals surface area contributed by atoms with Gasteiger partial charge in [0.15, 0.2) is 11.5 Å². The molecule has 0 unspecified atom stereocenters. The average Bonchev–Trinajstić information content (AvgIpc) is 2.88. The summed E-state index contributed by atoms with van der Waals surface area (Å²) in [4.78, 5) is 13.0. The molecule has 1 aliphatic heterocycles. The minimum absolute atomic E-state index is 0.329. The van der Waals surface area contributed by atoms with Crippen LogP contribution in [0.1, 0.15) is 12.1 Å². The van der Waals surface area contributed by atoms with Gasteiger partial charge < -0.3 is 14.5 Å². The van der Waals surface area contributed by atoms with E-state index in [-0.39, 0.29) is 0 Å². The van der Waals surface area contributed by atoms with Gasteiger partial charge in [0, 0.05) is 38.4 Å². The first-order valence-corrected chi connectivity index (χ1v) is 7.41. The van der Waals surface area contributed by atoms with Crippen LogP contribution in [0, 0.1) is 11.3 Å². The van der Waals surface area contributed by atoms with E-state index in [1.165, 1.54) is 0 Å². The summed E-state index contributed by atoms with van der Waals surface area (Å²) >= 11 is 0. The maximum absolute atomic E-state index is 8.79. The van der Waals surface area contributed by atoms with Crippen molar-refractivity contribution in [2.24, 2.45) is 0 Å². The average molecular weight is 311 g/mol. The van der Waals surface area contributed by atoms with E-state index in [0.29, 0.717) is 17.5 Å². The molecular weight excluding hydrogens is 294 g/mol. The smallest absolute Gasteiger partial charge is 0.228 e. The van der Waals surface area contributed by atoms with Crippen LogP contribution < -0.4 is 14.5 Å². The lowest BCUT2D eigenvalue weighted by molar-refractivity contribution is 0.396. The number of hydrogen-bond donors (Lipinski definition) is 0. The number of methoxy groups -OCH3 is 1. The predicted octanol–water partition coefficient (Wildman–Crippen LogP) is 0.864. The lowest BCUT2D eigenvalue weighted by Gasteiger charge is -2.22. The van der Waals surface area contributed by atoms with Crippen LogP contribution in [-0.4, -0.2) is 53.5 Å². The van der Waals surface area contributed by atoms with E-state index in [1.54, 1.807) is 25.4 Å².